The van der Waals surface area contributed by atoms with Gasteiger partial charge in [-0.05, 0) is 40.4 Å². The summed E-state index contributed by atoms with van der Waals surface area (Å²) in [6.07, 6.45) is 0.651. The van der Waals surface area contributed by atoms with E-state index >= 15 is 0 Å². The van der Waals surface area contributed by atoms with Crippen molar-refractivity contribution in [1.82, 2.24) is 4.31 Å². The maximum Gasteiger partial charge on any atom is 0.243 e. The molecule has 0 amide bonds. The minimum atomic E-state index is -3.46. The molecule has 116 valence electrons. The summed E-state index contributed by atoms with van der Waals surface area (Å²) in [4.78, 5) is 0.288. The van der Waals surface area contributed by atoms with Gasteiger partial charge < -0.3 is 5.73 Å². The second kappa shape index (κ2) is 8.34. The molecule has 2 N–H and O–H groups in total. The molecule has 1 atom stereocenters. The van der Waals surface area contributed by atoms with E-state index in [1.807, 2.05) is 13.8 Å². The van der Waals surface area contributed by atoms with Crippen LogP contribution in [0.4, 0.5) is 0 Å². The van der Waals surface area contributed by atoms with Crippen LogP contribution in [0.5, 0.6) is 0 Å². The molecule has 0 radical (unpaired) electrons. The number of hydrogen-bond donors (Lipinski definition) is 1. The zero-order chi connectivity index (χ0) is 14.6. The van der Waals surface area contributed by atoms with Gasteiger partial charge in [0.2, 0.25) is 10.0 Å². The highest BCUT2D eigenvalue weighted by Crippen LogP contribution is 2.24. The average molecular weight is 386 g/mol. The Morgan fingerprint density at radius 1 is 1.30 bits per heavy atom. The van der Waals surface area contributed by atoms with Gasteiger partial charge in [0, 0.05) is 24.1 Å². The molecule has 4 nitrogen and oxygen atoms in total. The van der Waals surface area contributed by atoms with E-state index in [2.05, 4.69) is 15.9 Å². The Labute approximate surface area is 136 Å². The Hall–Kier alpha value is -0.140. The van der Waals surface area contributed by atoms with Crippen LogP contribution in [-0.2, 0) is 10.0 Å². The van der Waals surface area contributed by atoms with Gasteiger partial charge in [0.1, 0.15) is 0 Å². The van der Waals surface area contributed by atoms with Crippen LogP contribution < -0.4 is 5.73 Å². The molecule has 1 unspecified atom stereocenters. The molecular formula is C13H22BrClN2O2S. The van der Waals surface area contributed by atoms with Gasteiger partial charge in [-0.2, -0.15) is 0 Å². The van der Waals surface area contributed by atoms with Crippen molar-refractivity contribution in [3.63, 3.8) is 0 Å². The normalized spacial score (nSPS) is 13.3. The number of nitrogens with two attached hydrogens (primary N) is 1. The van der Waals surface area contributed by atoms with Crippen LogP contribution in [0.3, 0.4) is 0 Å². The third-order valence-corrected chi connectivity index (χ3v) is 6.03. The Bertz CT molecular complexity index is 523. The van der Waals surface area contributed by atoms with E-state index in [0.717, 1.165) is 0 Å². The maximum atomic E-state index is 12.4. The largest absolute Gasteiger partial charge is 0.327 e. The fourth-order valence-electron chi connectivity index (χ4n) is 1.61. The minimum Gasteiger partial charge on any atom is -0.327 e. The van der Waals surface area contributed by atoms with Gasteiger partial charge in [0.15, 0.2) is 0 Å². The predicted molar refractivity (Wildman–Crippen MR) is 88.6 cm³/mol. The van der Waals surface area contributed by atoms with E-state index in [0.29, 0.717) is 23.4 Å². The molecule has 20 heavy (non-hydrogen) atoms. The first-order chi connectivity index (χ1) is 8.76. The van der Waals surface area contributed by atoms with Crippen molar-refractivity contribution in [3.8, 4) is 0 Å². The summed E-state index contributed by atoms with van der Waals surface area (Å²) in [5, 5.41) is 0. The zero-order valence-corrected chi connectivity index (χ0v) is 15.1. The number of sulfonamides is 1. The second-order valence-corrected chi connectivity index (χ2v) is 7.82. The van der Waals surface area contributed by atoms with E-state index in [-0.39, 0.29) is 23.3 Å². The summed E-state index contributed by atoms with van der Waals surface area (Å²) in [6.45, 7) is 4.49. The Balaban J connectivity index is 0.00000361. The van der Waals surface area contributed by atoms with Crippen molar-refractivity contribution in [2.24, 2.45) is 11.7 Å². The predicted octanol–water partition coefficient (Wildman–Crippen LogP) is 2.86. The van der Waals surface area contributed by atoms with Gasteiger partial charge in [-0.1, -0.05) is 26.0 Å². The summed E-state index contributed by atoms with van der Waals surface area (Å²) in [5.74, 6) is 0.347. The van der Waals surface area contributed by atoms with Crippen molar-refractivity contribution in [1.29, 1.82) is 0 Å². The van der Waals surface area contributed by atoms with Crippen molar-refractivity contribution >= 4 is 38.4 Å². The van der Waals surface area contributed by atoms with Gasteiger partial charge >= 0.3 is 0 Å². The van der Waals surface area contributed by atoms with Gasteiger partial charge in [0.05, 0.1) is 4.90 Å². The molecule has 1 aromatic carbocycles. The van der Waals surface area contributed by atoms with Crippen LogP contribution in [0.2, 0.25) is 0 Å². The summed E-state index contributed by atoms with van der Waals surface area (Å²) >= 11 is 3.27. The molecule has 1 rings (SSSR count). The molecule has 0 aliphatic rings. The zero-order valence-electron chi connectivity index (χ0n) is 11.9. The standard InChI is InChI=1S/C13H21BrN2O2S.ClH/c1-10(2)12(15)8-9-16(3)19(17,18)13-7-5-4-6-11(13)14;/h4-7,10,12H,8-9,15H2,1-3H3;1H. The van der Waals surface area contributed by atoms with Crippen molar-refractivity contribution in [2.75, 3.05) is 13.6 Å². The van der Waals surface area contributed by atoms with Crippen LogP contribution >= 0.6 is 28.3 Å². The number of nitrogens with zero attached hydrogens (tertiary/aromatic N) is 1. The van der Waals surface area contributed by atoms with Crippen molar-refractivity contribution in [3.05, 3.63) is 28.7 Å². The highest BCUT2D eigenvalue weighted by molar-refractivity contribution is 9.10. The van der Waals surface area contributed by atoms with E-state index in [4.69, 9.17) is 5.73 Å². The first-order valence-corrected chi connectivity index (χ1v) is 8.46. The molecule has 0 saturated carbocycles. The Morgan fingerprint density at radius 3 is 2.35 bits per heavy atom. The third kappa shape index (κ3) is 5.00. The van der Waals surface area contributed by atoms with E-state index in [1.54, 1.807) is 31.3 Å². The third-order valence-electron chi connectivity index (χ3n) is 3.16. The topological polar surface area (TPSA) is 63.4 Å². The van der Waals surface area contributed by atoms with Gasteiger partial charge in [0.25, 0.3) is 0 Å². The molecule has 1 aromatic rings. The van der Waals surface area contributed by atoms with E-state index in [1.165, 1.54) is 4.31 Å². The molecule has 0 heterocycles. The van der Waals surface area contributed by atoms with Gasteiger partial charge in [-0.25, -0.2) is 12.7 Å². The number of rotatable bonds is 6. The molecule has 0 aromatic heterocycles. The van der Waals surface area contributed by atoms with Crippen LogP contribution in [0, 0.1) is 5.92 Å². The lowest BCUT2D eigenvalue weighted by atomic mass is 10.0. The van der Waals surface area contributed by atoms with Crippen LogP contribution in [0.25, 0.3) is 0 Å². The van der Waals surface area contributed by atoms with Gasteiger partial charge in [-0.3, -0.25) is 0 Å². The fourth-order valence-corrected chi connectivity index (χ4v) is 3.75. The monoisotopic (exact) mass is 384 g/mol. The molecule has 0 saturated heterocycles. The molecule has 0 aliphatic carbocycles. The van der Waals surface area contributed by atoms with Crippen molar-refractivity contribution < 1.29 is 8.42 Å². The fraction of sp³-hybridized carbons (Fsp3) is 0.538. The SMILES string of the molecule is CC(C)C(N)CCN(C)S(=O)(=O)c1ccccc1Br.Cl. The highest BCUT2D eigenvalue weighted by atomic mass is 79.9. The smallest absolute Gasteiger partial charge is 0.243 e. The molecule has 0 aliphatic heterocycles. The van der Waals surface area contributed by atoms with E-state index < -0.39 is 10.0 Å². The van der Waals surface area contributed by atoms with Crippen LogP contribution in [0.1, 0.15) is 20.3 Å². The average Bonchev–Trinajstić information content (AvgIpc) is 2.35. The Kier molecular flexibility index (Phi) is 8.28. The Morgan fingerprint density at radius 2 is 1.85 bits per heavy atom. The van der Waals surface area contributed by atoms with E-state index in [9.17, 15) is 8.42 Å². The summed E-state index contributed by atoms with van der Waals surface area (Å²) in [5.41, 5.74) is 5.95. The van der Waals surface area contributed by atoms with Crippen LogP contribution in [0.15, 0.2) is 33.6 Å². The quantitative estimate of drug-likeness (QED) is 0.819. The molecule has 0 spiro atoms. The number of hydrogen-bond acceptors (Lipinski definition) is 3. The highest BCUT2D eigenvalue weighted by Gasteiger charge is 2.23. The van der Waals surface area contributed by atoms with Crippen LogP contribution in [-0.4, -0.2) is 32.4 Å². The molecular weight excluding hydrogens is 364 g/mol. The summed E-state index contributed by atoms with van der Waals surface area (Å²) < 4.78 is 26.7. The minimum absolute atomic E-state index is 0. The summed E-state index contributed by atoms with van der Waals surface area (Å²) in [7, 11) is -1.87. The van der Waals surface area contributed by atoms with Crippen molar-refractivity contribution in [2.45, 2.75) is 31.2 Å². The lowest BCUT2D eigenvalue weighted by Gasteiger charge is -2.21. The summed E-state index contributed by atoms with van der Waals surface area (Å²) in [6, 6.07) is 6.83. The second-order valence-electron chi connectivity index (χ2n) is 4.95. The molecule has 0 fully saturated rings. The first-order valence-electron chi connectivity index (χ1n) is 6.23. The first kappa shape index (κ1) is 19.9. The van der Waals surface area contributed by atoms with Gasteiger partial charge in [-0.15, -0.1) is 12.4 Å². The lowest BCUT2D eigenvalue weighted by Crippen LogP contribution is -2.34. The lowest BCUT2D eigenvalue weighted by molar-refractivity contribution is 0.397. The maximum absolute atomic E-state index is 12.4. The molecule has 0 bridgehead atoms. The molecule has 7 heteroatoms. The number of benzene rings is 1. The number of halogens is 2.